The Balaban J connectivity index is 1.80. The summed E-state index contributed by atoms with van der Waals surface area (Å²) in [6.45, 7) is 0.542. The molecule has 0 aliphatic carbocycles. The van der Waals surface area contributed by atoms with Crippen molar-refractivity contribution in [2.75, 3.05) is 5.32 Å². The number of furan rings is 1. The average molecular weight is 241 g/mol. The van der Waals surface area contributed by atoms with Crippen LogP contribution in [0.5, 0.6) is 0 Å². The highest BCUT2D eigenvalue weighted by atomic mass is 16.3. The van der Waals surface area contributed by atoms with Crippen LogP contribution in [0.4, 0.5) is 5.95 Å². The lowest BCUT2D eigenvalue weighted by Gasteiger charge is -2.05. The highest BCUT2D eigenvalue weighted by Gasteiger charge is 2.07. The van der Waals surface area contributed by atoms with Gasteiger partial charge in [-0.3, -0.25) is 0 Å². The molecule has 6 nitrogen and oxygen atoms in total. The molecule has 18 heavy (non-hydrogen) atoms. The van der Waals surface area contributed by atoms with Crippen LogP contribution < -0.4 is 5.32 Å². The molecule has 3 aromatic rings. The van der Waals surface area contributed by atoms with Gasteiger partial charge >= 0.3 is 0 Å². The minimum absolute atomic E-state index is 0.542. The van der Waals surface area contributed by atoms with Crippen LogP contribution in [0.3, 0.4) is 0 Å². The van der Waals surface area contributed by atoms with Gasteiger partial charge in [-0.15, -0.1) is 0 Å². The van der Waals surface area contributed by atoms with E-state index in [4.69, 9.17) is 4.42 Å². The third-order valence-corrected chi connectivity index (χ3v) is 2.47. The van der Waals surface area contributed by atoms with E-state index in [0.29, 0.717) is 12.5 Å². The van der Waals surface area contributed by atoms with E-state index in [1.807, 2.05) is 42.5 Å². The van der Waals surface area contributed by atoms with E-state index in [0.717, 1.165) is 11.4 Å². The Kier molecular flexibility index (Phi) is 2.75. The standard InChI is InChI=1S/C12H11N5O/c1-2-5-10(6-3-1)17-12(14-15-16-17)13-9-11-7-4-8-18-11/h1-8H,9H2,(H,13,14,16). The molecule has 2 aromatic heterocycles. The van der Waals surface area contributed by atoms with Crippen molar-refractivity contribution in [2.45, 2.75) is 6.54 Å². The molecule has 0 aliphatic heterocycles. The molecule has 0 bridgehead atoms. The molecule has 0 aliphatic rings. The summed E-state index contributed by atoms with van der Waals surface area (Å²) in [5.41, 5.74) is 0.907. The molecule has 0 saturated heterocycles. The van der Waals surface area contributed by atoms with Gasteiger partial charge in [0.25, 0.3) is 0 Å². The monoisotopic (exact) mass is 241 g/mol. The van der Waals surface area contributed by atoms with Gasteiger partial charge in [0.15, 0.2) is 0 Å². The van der Waals surface area contributed by atoms with Gasteiger partial charge in [-0.25, -0.2) is 0 Å². The van der Waals surface area contributed by atoms with E-state index < -0.39 is 0 Å². The third kappa shape index (κ3) is 2.08. The Labute approximate surface area is 103 Å². The van der Waals surface area contributed by atoms with Crippen molar-refractivity contribution in [1.82, 2.24) is 20.2 Å². The maximum atomic E-state index is 5.24. The minimum atomic E-state index is 0.542. The number of anilines is 1. The molecule has 3 rings (SSSR count). The molecular weight excluding hydrogens is 230 g/mol. The average Bonchev–Trinajstić information content (AvgIpc) is 3.09. The Morgan fingerprint density at radius 1 is 1.11 bits per heavy atom. The lowest BCUT2D eigenvalue weighted by atomic mass is 10.3. The van der Waals surface area contributed by atoms with E-state index in [9.17, 15) is 0 Å². The Bertz CT molecular complexity index is 602. The zero-order valence-corrected chi connectivity index (χ0v) is 9.52. The first-order valence-corrected chi connectivity index (χ1v) is 5.53. The topological polar surface area (TPSA) is 68.8 Å². The summed E-state index contributed by atoms with van der Waals surface area (Å²) in [5, 5.41) is 14.7. The molecule has 1 aromatic carbocycles. The van der Waals surface area contributed by atoms with Crippen molar-refractivity contribution >= 4 is 5.95 Å². The van der Waals surface area contributed by atoms with Crippen LogP contribution in [-0.4, -0.2) is 20.2 Å². The summed E-state index contributed by atoms with van der Waals surface area (Å²) >= 11 is 0. The summed E-state index contributed by atoms with van der Waals surface area (Å²) in [4.78, 5) is 0. The number of rotatable bonds is 4. The van der Waals surface area contributed by atoms with Crippen LogP contribution in [0.1, 0.15) is 5.76 Å². The second-order valence-corrected chi connectivity index (χ2v) is 3.68. The van der Waals surface area contributed by atoms with Crippen molar-refractivity contribution in [3.8, 4) is 5.69 Å². The molecule has 0 amide bonds. The molecule has 6 heteroatoms. The number of nitrogens with one attached hydrogen (secondary N) is 1. The first-order chi connectivity index (χ1) is 8.93. The molecule has 0 atom stereocenters. The Hall–Kier alpha value is -2.63. The van der Waals surface area contributed by atoms with Gasteiger partial charge in [-0.05, 0) is 34.7 Å². The fourth-order valence-electron chi connectivity index (χ4n) is 1.62. The highest BCUT2D eigenvalue weighted by molar-refractivity contribution is 5.38. The van der Waals surface area contributed by atoms with Gasteiger partial charge in [0.05, 0.1) is 18.5 Å². The van der Waals surface area contributed by atoms with Gasteiger partial charge in [-0.2, -0.15) is 4.68 Å². The van der Waals surface area contributed by atoms with Gasteiger partial charge in [-0.1, -0.05) is 23.3 Å². The van der Waals surface area contributed by atoms with E-state index in [1.54, 1.807) is 10.9 Å². The predicted molar refractivity (Wildman–Crippen MR) is 65.2 cm³/mol. The highest BCUT2D eigenvalue weighted by Crippen LogP contribution is 2.11. The SMILES string of the molecule is c1ccc(-n2nnnc2NCc2ccco2)cc1. The number of nitrogens with zero attached hydrogens (tertiary/aromatic N) is 4. The van der Waals surface area contributed by atoms with Gasteiger partial charge in [0.1, 0.15) is 5.76 Å². The molecule has 0 radical (unpaired) electrons. The molecular formula is C12H11N5O. The van der Waals surface area contributed by atoms with E-state index >= 15 is 0 Å². The molecule has 0 spiro atoms. The van der Waals surface area contributed by atoms with Crippen LogP contribution in [-0.2, 0) is 6.54 Å². The summed E-state index contributed by atoms with van der Waals surface area (Å²) in [5.74, 6) is 1.41. The van der Waals surface area contributed by atoms with E-state index in [1.165, 1.54) is 0 Å². The fourth-order valence-corrected chi connectivity index (χ4v) is 1.62. The normalized spacial score (nSPS) is 10.4. The quantitative estimate of drug-likeness (QED) is 0.755. The maximum Gasteiger partial charge on any atom is 0.248 e. The molecule has 90 valence electrons. The lowest BCUT2D eigenvalue weighted by molar-refractivity contribution is 0.517. The summed E-state index contributed by atoms with van der Waals surface area (Å²) in [7, 11) is 0. The Morgan fingerprint density at radius 2 is 2.00 bits per heavy atom. The molecule has 1 N–H and O–H groups in total. The van der Waals surface area contributed by atoms with Gasteiger partial charge < -0.3 is 9.73 Å². The van der Waals surface area contributed by atoms with Crippen molar-refractivity contribution < 1.29 is 4.42 Å². The van der Waals surface area contributed by atoms with Crippen molar-refractivity contribution in [3.05, 3.63) is 54.5 Å². The lowest BCUT2D eigenvalue weighted by Crippen LogP contribution is -2.06. The number of benzene rings is 1. The van der Waals surface area contributed by atoms with Crippen LogP contribution in [0.25, 0.3) is 5.69 Å². The predicted octanol–water partition coefficient (Wildman–Crippen LogP) is 1.87. The second-order valence-electron chi connectivity index (χ2n) is 3.68. The smallest absolute Gasteiger partial charge is 0.248 e. The molecule has 0 saturated carbocycles. The number of hydrogen-bond acceptors (Lipinski definition) is 5. The van der Waals surface area contributed by atoms with E-state index in [2.05, 4.69) is 20.8 Å². The maximum absolute atomic E-state index is 5.24. The largest absolute Gasteiger partial charge is 0.467 e. The summed E-state index contributed by atoms with van der Waals surface area (Å²) < 4.78 is 6.88. The molecule has 0 unspecified atom stereocenters. The first-order valence-electron chi connectivity index (χ1n) is 5.53. The van der Waals surface area contributed by atoms with Gasteiger partial charge in [0.2, 0.25) is 5.95 Å². The number of aromatic nitrogens is 4. The van der Waals surface area contributed by atoms with Crippen LogP contribution >= 0.6 is 0 Å². The molecule has 2 heterocycles. The van der Waals surface area contributed by atoms with Crippen LogP contribution in [0, 0.1) is 0 Å². The van der Waals surface area contributed by atoms with E-state index in [-0.39, 0.29) is 0 Å². The number of hydrogen-bond donors (Lipinski definition) is 1. The Morgan fingerprint density at radius 3 is 2.78 bits per heavy atom. The van der Waals surface area contributed by atoms with Crippen molar-refractivity contribution in [3.63, 3.8) is 0 Å². The van der Waals surface area contributed by atoms with Crippen LogP contribution in [0.15, 0.2) is 53.1 Å². The summed E-state index contributed by atoms with van der Waals surface area (Å²) in [6, 6.07) is 13.4. The van der Waals surface area contributed by atoms with Crippen molar-refractivity contribution in [1.29, 1.82) is 0 Å². The molecule has 0 fully saturated rings. The number of tetrazole rings is 1. The summed E-state index contributed by atoms with van der Waals surface area (Å²) in [6.07, 6.45) is 1.64. The number of para-hydroxylation sites is 1. The first kappa shape index (κ1) is 10.5. The van der Waals surface area contributed by atoms with Crippen LogP contribution in [0.2, 0.25) is 0 Å². The van der Waals surface area contributed by atoms with Crippen molar-refractivity contribution in [2.24, 2.45) is 0 Å². The van der Waals surface area contributed by atoms with Gasteiger partial charge in [0, 0.05) is 0 Å². The zero-order chi connectivity index (χ0) is 12.2. The second kappa shape index (κ2) is 4.70. The minimum Gasteiger partial charge on any atom is -0.467 e. The fraction of sp³-hybridized carbons (Fsp3) is 0.0833. The third-order valence-electron chi connectivity index (χ3n) is 2.47. The zero-order valence-electron chi connectivity index (χ0n) is 9.52.